The van der Waals surface area contributed by atoms with E-state index in [4.69, 9.17) is 13.3 Å². The van der Waals surface area contributed by atoms with Gasteiger partial charge in [-0.05, 0) is 159 Å². The van der Waals surface area contributed by atoms with E-state index in [9.17, 15) is 0 Å². The molecule has 5 heteroatoms. The van der Waals surface area contributed by atoms with Crippen molar-refractivity contribution in [1.82, 2.24) is 0 Å². The molecule has 0 aliphatic heterocycles. The first-order chi connectivity index (χ1) is 36.1. The number of furan rings is 3. The number of nitrogens with zero attached hydrogens (tertiary/aromatic N) is 2. The number of rotatable bonds is 8. The smallest absolute Gasteiger partial charge is 0.137 e. The van der Waals surface area contributed by atoms with Crippen molar-refractivity contribution in [3.05, 3.63) is 197 Å². The third kappa shape index (κ3) is 7.71. The Labute approximate surface area is 440 Å². The molecule has 0 fully saturated rings. The Morgan fingerprint density at radius 3 is 1.64 bits per heavy atom. The second-order valence-corrected chi connectivity index (χ2v) is 23.9. The minimum Gasteiger partial charge on any atom is -0.460 e. The maximum Gasteiger partial charge on any atom is 0.137 e. The molecule has 0 radical (unpaired) electrons. The van der Waals surface area contributed by atoms with Gasteiger partial charge in [-0.15, -0.1) is 0 Å². The Morgan fingerprint density at radius 2 is 1.04 bits per heavy atom. The zero-order valence-electron chi connectivity index (χ0n) is 45.1. The molecule has 2 aliphatic rings. The minimum absolute atomic E-state index is 0.0218. The summed E-state index contributed by atoms with van der Waals surface area (Å²) in [5, 5.41) is 10.5. The number of para-hydroxylation sites is 2. The van der Waals surface area contributed by atoms with Gasteiger partial charge in [-0.25, -0.2) is 0 Å². The normalized spacial score (nSPS) is 14.5. The highest BCUT2D eigenvalue weighted by molar-refractivity contribution is 6.17. The summed E-state index contributed by atoms with van der Waals surface area (Å²) < 4.78 is 20.2. The summed E-state index contributed by atoms with van der Waals surface area (Å²) in [6, 6.07) is 51.3. The first-order valence-corrected chi connectivity index (χ1v) is 27.2. The van der Waals surface area contributed by atoms with Gasteiger partial charge in [0.2, 0.25) is 0 Å². The molecule has 5 nitrogen and oxygen atoms in total. The highest BCUT2D eigenvalue weighted by Crippen LogP contribution is 2.51. The quantitative estimate of drug-likeness (QED) is 0.152. The Hall–Kier alpha value is -7.76. The molecule has 0 N–H and O–H groups in total. The molecule has 0 bridgehead atoms. The van der Waals surface area contributed by atoms with Crippen LogP contribution in [0, 0.1) is 5.41 Å². The number of anilines is 4. The van der Waals surface area contributed by atoms with Crippen LogP contribution in [0.1, 0.15) is 128 Å². The number of aryl methyl sites for hydroxylation is 1. The SMILES string of the molecule is CC(C)c1c(N(C2=CC=C(C(C)(C)C)CC2)C2=CCCc3oc4ccccc4c32)ccc2cc3c(cc12)oc1cc2c(C(C)C)c(N(c4ccc(C(C)(C)C)cc4)c4cccc5oc6ccccc6c45)ccc2cc13. The summed E-state index contributed by atoms with van der Waals surface area (Å²) in [6.45, 7) is 23.1. The monoisotopic (exact) mass is 983 g/mol. The molecule has 3 heterocycles. The predicted molar refractivity (Wildman–Crippen MR) is 317 cm³/mol. The lowest BCUT2D eigenvalue weighted by molar-refractivity contribution is 0.479. The van der Waals surface area contributed by atoms with Gasteiger partial charge in [0, 0.05) is 50.6 Å². The van der Waals surface area contributed by atoms with Gasteiger partial charge in [-0.2, -0.15) is 0 Å². The average molecular weight is 983 g/mol. The summed E-state index contributed by atoms with van der Waals surface area (Å²) in [7, 11) is 0. The van der Waals surface area contributed by atoms with Crippen LogP contribution in [0.4, 0.5) is 22.7 Å². The molecule has 0 unspecified atom stereocenters. The second kappa shape index (κ2) is 17.4. The van der Waals surface area contributed by atoms with Gasteiger partial charge in [0.15, 0.2) is 0 Å². The lowest BCUT2D eigenvalue weighted by atomic mass is 9.81. The predicted octanol–water partition coefficient (Wildman–Crippen LogP) is 21.0. The highest BCUT2D eigenvalue weighted by atomic mass is 16.3. The van der Waals surface area contributed by atoms with E-state index in [1.807, 2.05) is 6.07 Å². The number of hydrogen-bond donors (Lipinski definition) is 0. The van der Waals surface area contributed by atoms with Crippen LogP contribution in [0.2, 0.25) is 0 Å². The maximum atomic E-state index is 7.13. The van der Waals surface area contributed by atoms with Crippen molar-refractivity contribution < 1.29 is 13.3 Å². The van der Waals surface area contributed by atoms with Gasteiger partial charge in [0.05, 0.1) is 22.5 Å². The van der Waals surface area contributed by atoms with E-state index in [2.05, 4.69) is 231 Å². The molecule has 8 aromatic carbocycles. The molecule has 11 aromatic rings. The largest absolute Gasteiger partial charge is 0.460 e. The molecule has 75 heavy (non-hydrogen) atoms. The van der Waals surface area contributed by atoms with E-state index in [1.165, 1.54) is 71.8 Å². The second-order valence-electron chi connectivity index (χ2n) is 23.9. The van der Waals surface area contributed by atoms with E-state index < -0.39 is 0 Å². The number of fused-ring (bicyclic) bond motifs is 11. The summed E-state index contributed by atoms with van der Waals surface area (Å²) in [5.41, 5.74) is 18.3. The van der Waals surface area contributed by atoms with E-state index in [0.717, 1.165) is 98.0 Å². The van der Waals surface area contributed by atoms with Crippen LogP contribution < -0.4 is 9.80 Å². The first-order valence-electron chi connectivity index (χ1n) is 27.2. The van der Waals surface area contributed by atoms with Gasteiger partial charge in [-0.3, -0.25) is 0 Å². The lowest BCUT2D eigenvalue weighted by Crippen LogP contribution is -2.26. The van der Waals surface area contributed by atoms with Crippen LogP contribution in [0.15, 0.2) is 182 Å². The van der Waals surface area contributed by atoms with Crippen LogP contribution in [-0.4, -0.2) is 0 Å². The number of hydrogen-bond acceptors (Lipinski definition) is 5. The van der Waals surface area contributed by atoms with Crippen molar-refractivity contribution in [3.8, 4) is 0 Å². The van der Waals surface area contributed by atoms with Crippen molar-refractivity contribution in [1.29, 1.82) is 0 Å². The molecule has 374 valence electrons. The van der Waals surface area contributed by atoms with Gasteiger partial charge in [-0.1, -0.05) is 154 Å². The molecule has 3 aromatic heterocycles. The zero-order valence-corrected chi connectivity index (χ0v) is 45.1. The summed E-state index contributed by atoms with van der Waals surface area (Å²) in [6.07, 6.45) is 11.0. The number of allylic oxidation sites excluding steroid dienone is 5. The molecule has 0 amide bonds. The maximum absolute atomic E-state index is 7.13. The molecule has 0 saturated heterocycles. The minimum atomic E-state index is 0.0218. The molecular weight excluding hydrogens is 917 g/mol. The van der Waals surface area contributed by atoms with Crippen molar-refractivity contribution in [3.63, 3.8) is 0 Å². The van der Waals surface area contributed by atoms with Gasteiger partial charge < -0.3 is 23.1 Å². The van der Waals surface area contributed by atoms with Gasteiger partial charge in [0.1, 0.15) is 33.7 Å². The van der Waals surface area contributed by atoms with Crippen LogP contribution >= 0.6 is 0 Å². The zero-order chi connectivity index (χ0) is 51.7. The van der Waals surface area contributed by atoms with Crippen molar-refractivity contribution in [2.24, 2.45) is 5.41 Å². The van der Waals surface area contributed by atoms with E-state index >= 15 is 0 Å². The van der Waals surface area contributed by atoms with E-state index in [1.54, 1.807) is 0 Å². The topological polar surface area (TPSA) is 45.9 Å². The first kappa shape index (κ1) is 47.0. The average Bonchev–Trinajstić information content (AvgIpc) is 4.13. The van der Waals surface area contributed by atoms with Crippen LogP contribution in [-0.2, 0) is 11.8 Å². The van der Waals surface area contributed by atoms with Crippen LogP contribution in [0.25, 0.3) is 82.1 Å². The standard InChI is InChI=1S/C70H66N2O3/c1-41(2)65-51-39-63-53(37-43(51)25-35-57(65)71(47-31-27-45(28-32-47)69(5,6)7)55-19-15-23-61-67(55)49-17-11-13-21-59(49)73-61)54-38-44-26-36-58(66(42(3)4)52(44)40-64(54)75-63)72(48-33-29-46(30-34-48)70(8,9)10)56-20-16-24-62-68(56)50-18-12-14-22-60(50)74-62/h11-15,17-23,25-29,31-33,35-42H,16,24,30,34H2,1-10H3. The van der Waals surface area contributed by atoms with Crippen molar-refractivity contribution in [2.45, 2.75) is 112 Å². The summed E-state index contributed by atoms with van der Waals surface area (Å²) >= 11 is 0. The fourth-order valence-electron chi connectivity index (χ4n) is 12.6. The van der Waals surface area contributed by atoms with Crippen LogP contribution in [0.3, 0.4) is 0 Å². The third-order valence-corrected chi connectivity index (χ3v) is 16.3. The number of benzene rings is 8. The van der Waals surface area contributed by atoms with Crippen LogP contribution in [0.5, 0.6) is 0 Å². The van der Waals surface area contributed by atoms with E-state index in [0.29, 0.717) is 0 Å². The third-order valence-electron chi connectivity index (χ3n) is 16.3. The Bertz CT molecular complexity index is 4210. The van der Waals surface area contributed by atoms with Crippen molar-refractivity contribution >= 4 is 105 Å². The van der Waals surface area contributed by atoms with Gasteiger partial charge >= 0.3 is 0 Å². The highest BCUT2D eigenvalue weighted by Gasteiger charge is 2.32. The molecule has 0 spiro atoms. The Morgan fingerprint density at radius 1 is 0.453 bits per heavy atom. The fourth-order valence-corrected chi connectivity index (χ4v) is 12.6. The molecule has 0 atom stereocenters. The molecule has 2 aliphatic carbocycles. The lowest BCUT2D eigenvalue weighted by Gasteiger charge is -2.36. The Balaban J connectivity index is 0.998. The summed E-state index contributed by atoms with van der Waals surface area (Å²) in [4.78, 5) is 5.04. The van der Waals surface area contributed by atoms with E-state index in [-0.39, 0.29) is 22.7 Å². The fraction of sp³-hybridized carbons (Fsp3) is 0.257. The molecular formula is C70H66N2O3. The molecule has 13 rings (SSSR count). The van der Waals surface area contributed by atoms with Gasteiger partial charge in [0.25, 0.3) is 0 Å². The summed E-state index contributed by atoms with van der Waals surface area (Å²) in [5.74, 6) is 1.48. The van der Waals surface area contributed by atoms with Crippen molar-refractivity contribution in [2.75, 3.05) is 9.80 Å². The molecule has 0 saturated carbocycles. The Kier molecular flexibility index (Phi) is 10.9.